The minimum absolute atomic E-state index is 0.117. The summed E-state index contributed by atoms with van der Waals surface area (Å²) in [6.45, 7) is 5.87. The third-order valence-corrected chi connectivity index (χ3v) is 3.28. The van der Waals surface area contributed by atoms with Crippen LogP contribution in [0.2, 0.25) is 0 Å². The molecule has 5 nitrogen and oxygen atoms in total. The van der Waals surface area contributed by atoms with Gasteiger partial charge in [-0.3, -0.25) is 0 Å². The smallest absolute Gasteiger partial charge is 0.339 e. The van der Waals surface area contributed by atoms with Crippen molar-refractivity contribution in [2.75, 3.05) is 18.0 Å². The normalized spacial score (nSPS) is 10.4. The fourth-order valence-electron chi connectivity index (χ4n) is 1.99. The first-order valence-electron chi connectivity index (χ1n) is 6.42. The third-order valence-electron chi connectivity index (χ3n) is 3.28. The van der Waals surface area contributed by atoms with Crippen molar-refractivity contribution >= 4 is 11.7 Å². The van der Waals surface area contributed by atoms with E-state index >= 15 is 0 Å². The number of nitrogens with zero attached hydrogens (tertiary/aromatic N) is 3. The summed E-state index contributed by atoms with van der Waals surface area (Å²) >= 11 is 0. The Morgan fingerprint density at radius 3 is 2.05 bits per heavy atom. The van der Waals surface area contributed by atoms with Crippen LogP contribution >= 0.6 is 0 Å². The summed E-state index contributed by atoms with van der Waals surface area (Å²) in [6, 6.07) is 10.5. The van der Waals surface area contributed by atoms with Gasteiger partial charge < -0.3 is 10.0 Å². The van der Waals surface area contributed by atoms with E-state index in [1.807, 2.05) is 12.1 Å². The molecule has 0 radical (unpaired) electrons. The molecule has 0 fully saturated rings. The minimum Gasteiger partial charge on any atom is -0.479 e. The first-order valence-corrected chi connectivity index (χ1v) is 6.42. The molecule has 104 valence electrons. The zero-order chi connectivity index (χ0) is 15.2. The molecule has 1 rings (SSSR count). The van der Waals surface area contributed by atoms with Crippen molar-refractivity contribution in [3.05, 3.63) is 29.8 Å². The topological polar surface area (TPSA) is 88.1 Å². The number of carboxylic acid groups (broad SMARTS) is 1. The van der Waals surface area contributed by atoms with Gasteiger partial charge in [0.05, 0.1) is 12.1 Å². The second-order valence-corrected chi connectivity index (χ2v) is 4.45. The first kappa shape index (κ1) is 15.5. The highest BCUT2D eigenvalue weighted by Gasteiger charge is 2.39. The first-order chi connectivity index (χ1) is 9.52. The molecule has 1 aromatic carbocycles. The molecule has 0 saturated heterocycles. The lowest BCUT2D eigenvalue weighted by molar-refractivity contribution is -0.142. The van der Waals surface area contributed by atoms with Crippen LogP contribution in [0, 0.1) is 28.1 Å². The number of carboxylic acids is 1. The van der Waals surface area contributed by atoms with Crippen LogP contribution in [0.25, 0.3) is 0 Å². The van der Waals surface area contributed by atoms with Crippen LogP contribution in [0.5, 0.6) is 0 Å². The largest absolute Gasteiger partial charge is 0.479 e. The summed E-state index contributed by atoms with van der Waals surface area (Å²) in [6.07, 6.45) is -0.117. The van der Waals surface area contributed by atoms with Crippen molar-refractivity contribution in [2.45, 2.75) is 20.3 Å². The molecule has 0 bridgehead atoms. The Balaban J connectivity index is 2.98. The zero-order valence-electron chi connectivity index (χ0n) is 11.6. The van der Waals surface area contributed by atoms with E-state index in [0.717, 1.165) is 18.8 Å². The molecular weight excluding hydrogens is 254 g/mol. The second-order valence-electron chi connectivity index (χ2n) is 4.45. The lowest BCUT2D eigenvalue weighted by atomic mass is 9.84. The van der Waals surface area contributed by atoms with E-state index in [1.54, 1.807) is 24.3 Å². The molecule has 0 spiro atoms. The lowest BCUT2D eigenvalue weighted by Gasteiger charge is -2.21. The number of anilines is 1. The van der Waals surface area contributed by atoms with Crippen molar-refractivity contribution in [3.8, 4) is 12.1 Å². The van der Waals surface area contributed by atoms with E-state index in [-0.39, 0.29) is 6.42 Å². The van der Waals surface area contributed by atoms with Crippen molar-refractivity contribution < 1.29 is 9.90 Å². The van der Waals surface area contributed by atoms with Crippen LogP contribution in [0.4, 0.5) is 5.69 Å². The summed E-state index contributed by atoms with van der Waals surface area (Å²) in [5, 5.41) is 27.0. The molecule has 0 unspecified atom stereocenters. The van der Waals surface area contributed by atoms with E-state index < -0.39 is 11.4 Å². The fraction of sp³-hybridized carbons (Fsp3) is 0.400. The fourth-order valence-corrected chi connectivity index (χ4v) is 1.99. The van der Waals surface area contributed by atoms with E-state index in [2.05, 4.69) is 18.7 Å². The van der Waals surface area contributed by atoms with E-state index in [0.29, 0.717) is 5.56 Å². The highest BCUT2D eigenvalue weighted by Crippen LogP contribution is 2.24. The molecule has 1 aromatic rings. The van der Waals surface area contributed by atoms with Gasteiger partial charge in [0.25, 0.3) is 0 Å². The minimum atomic E-state index is -2.02. The van der Waals surface area contributed by atoms with Gasteiger partial charge in [0, 0.05) is 25.2 Å². The summed E-state index contributed by atoms with van der Waals surface area (Å²) < 4.78 is 0. The Labute approximate surface area is 118 Å². The number of hydrogen-bond acceptors (Lipinski definition) is 4. The van der Waals surface area contributed by atoms with Crippen LogP contribution in [0.1, 0.15) is 19.4 Å². The van der Waals surface area contributed by atoms with Crippen molar-refractivity contribution in [1.29, 1.82) is 10.5 Å². The molecule has 1 N–H and O–H groups in total. The van der Waals surface area contributed by atoms with Crippen molar-refractivity contribution in [2.24, 2.45) is 5.41 Å². The molecule has 5 heteroatoms. The Bertz CT molecular complexity index is 534. The molecule has 20 heavy (non-hydrogen) atoms. The summed E-state index contributed by atoms with van der Waals surface area (Å²) in [5.74, 6) is -1.41. The molecule has 0 aromatic heterocycles. The van der Waals surface area contributed by atoms with Gasteiger partial charge in [-0.05, 0) is 31.5 Å². The maximum atomic E-state index is 11.1. The Morgan fingerprint density at radius 1 is 1.20 bits per heavy atom. The highest BCUT2D eigenvalue weighted by atomic mass is 16.4. The molecule has 0 aliphatic carbocycles. The molecule has 0 saturated carbocycles. The number of hydrogen-bond donors (Lipinski definition) is 1. The molecular formula is C15H17N3O2. The number of nitriles is 2. The van der Waals surface area contributed by atoms with Crippen LogP contribution in [-0.4, -0.2) is 24.2 Å². The Kier molecular flexibility index (Phi) is 5.11. The monoisotopic (exact) mass is 271 g/mol. The summed E-state index contributed by atoms with van der Waals surface area (Å²) in [5.41, 5.74) is -0.323. The average Bonchev–Trinajstić information content (AvgIpc) is 2.47. The molecule has 0 aliphatic heterocycles. The summed E-state index contributed by atoms with van der Waals surface area (Å²) in [4.78, 5) is 13.3. The van der Waals surface area contributed by atoms with Crippen molar-refractivity contribution in [3.63, 3.8) is 0 Å². The quantitative estimate of drug-likeness (QED) is 0.856. The number of rotatable bonds is 6. The van der Waals surface area contributed by atoms with Crippen LogP contribution in [-0.2, 0) is 11.2 Å². The standard InChI is InChI=1S/C15H17N3O2/c1-3-18(4-2)13-7-5-12(6-8-13)9-15(10-16,11-17)14(19)20/h5-8H,3-4,9H2,1-2H3,(H,19,20). The van der Waals surface area contributed by atoms with Gasteiger partial charge in [-0.25, -0.2) is 4.79 Å². The average molecular weight is 271 g/mol. The highest BCUT2D eigenvalue weighted by molar-refractivity contribution is 5.82. The number of carbonyl (C=O) groups is 1. The van der Waals surface area contributed by atoms with E-state index in [1.165, 1.54) is 0 Å². The van der Waals surface area contributed by atoms with Gasteiger partial charge >= 0.3 is 5.97 Å². The van der Waals surface area contributed by atoms with Gasteiger partial charge in [-0.2, -0.15) is 10.5 Å². The van der Waals surface area contributed by atoms with Gasteiger partial charge in [0.1, 0.15) is 0 Å². The molecule has 0 amide bonds. The number of benzene rings is 1. The van der Waals surface area contributed by atoms with Gasteiger partial charge in [0.2, 0.25) is 5.41 Å². The predicted octanol–water partition coefficient (Wildman–Crippen LogP) is 2.19. The van der Waals surface area contributed by atoms with Gasteiger partial charge in [-0.1, -0.05) is 12.1 Å². The van der Waals surface area contributed by atoms with Crippen molar-refractivity contribution in [1.82, 2.24) is 0 Å². The predicted molar refractivity (Wildman–Crippen MR) is 75.0 cm³/mol. The lowest BCUT2D eigenvalue weighted by Crippen LogP contribution is -2.30. The zero-order valence-corrected chi connectivity index (χ0v) is 11.6. The van der Waals surface area contributed by atoms with Gasteiger partial charge in [-0.15, -0.1) is 0 Å². The van der Waals surface area contributed by atoms with Crippen LogP contribution < -0.4 is 4.90 Å². The van der Waals surface area contributed by atoms with Crippen LogP contribution in [0.15, 0.2) is 24.3 Å². The second kappa shape index (κ2) is 6.58. The Hall–Kier alpha value is -2.53. The molecule has 0 atom stereocenters. The third kappa shape index (κ3) is 3.07. The Morgan fingerprint density at radius 2 is 1.70 bits per heavy atom. The van der Waals surface area contributed by atoms with E-state index in [4.69, 9.17) is 15.6 Å². The maximum Gasteiger partial charge on any atom is 0.339 e. The SMILES string of the molecule is CCN(CC)c1ccc(CC(C#N)(C#N)C(=O)O)cc1. The summed E-state index contributed by atoms with van der Waals surface area (Å²) in [7, 11) is 0. The maximum absolute atomic E-state index is 11.1. The van der Waals surface area contributed by atoms with E-state index in [9.17, 15) is 4.79 Å². The van der Waals surface area contributed by atoms with Crippen LogP contribution in [0.3, 0.4) is 0 Å². The number of aliphatic carboxylic acids is 1. The molecule has 0 aliphatic rings. The molecule has 0 heterocycles. The van der Waals surface area contributed by atoms with Gasteiger partial charge in [0.15, 0.2) is 0 Å².